The minimum atomic E-state index is -0.138. The van der Waals surface area contributed by atoms with Crippen molar-refractivity contribution in [2.45, 2.75) is 40.2 Å². The summed E-state index contributed by atoms with van der Waals surface area (Å²) in [5, 5.41) is 3.49. The highest BCUT2D eigenvalue weighted by molar-refractivity contribution is 6.11. The Kier molecular flexibility index (Phi) is 8.90. The molecule has 0 saturated carbocycles. The van der Waals surface area contributed by atoms with Crippen LogP contribution in [0.4, 0.5) is 5.69 Å². The Morgan fingerprint density at radius 2 is 1.31 bits per heavy atom. The molecular formula is C48H44N4. The molecule has 6 aromatic carbocycles. The fourth-order valence-electron chi connectivity index (χ4n) is 7.91. The van der Waals surface area contributed by atoms with Crippen LogP contribution in [-0.2, 0) is 6.42 Å². The Morgan fingerprint density at radius 1 is 0.673 bits per heavy atom. The van der Waals surface area contributed by atoms with Crippen molar-refractivity contribution in [1.82, 2.24) is 14.5 Å². The molecule has 0 saturated heterocycles. The molecule has 1 aliphatic carbocycles. The smallest absolute Gasteiger partial charge is 0.235 e. The van der Waals surface area contributed by atoms with E-state index in [0.29, 0.717) is 5.95 Å². The minimum absolute atomic E-state index is 0.138. The number of fused-ring (bicyclic) bond motifs is 6. The monoisotopic (exact) mass is 676 g/mol. The molecule has 2 unspecified atom stereocenters. The summed E-state index contributed by atoms with van der Waals surface area (Å²) in [5.41, 5.74) is 10.3. The summed E-state index contributed by atoms with van der Waals surface area (Å²) in [4.78, 5) is 13.2. The van der Waals surface area contributed by atoms with Crippen LogP contribution in [0.25, 0.3) is 56.0 Å². The summed E-state index contributed by atoms with van der Waals surface area (Å²) in [6, 6.07) is 54.0. The third kappa shape index (κ3) is 5.94. The van der Waals surface area contributed by atoms with E-state index in [1.807, 2.05) is 13.8 Å². The molecule has 0 N–H and O–H groups in total. The highest BCUT2D eigenvalue weighted by Crippen LogP contribution is 2.43. The van der Waals surface area contributed by atoms with Gasteiger partial charge in [0.25, 0.3) is 0 Å². The molecule has 0 amide bonds. The lowest BCUT2D eigenvalue weighted by Gasteiger charge is -2.40. The highest BCUT2D eigenvalue weighted by Gasteiger charge is 2.33. The van der Waals surface area contributed by atoms with E-state index in [1.165, 1.54) is 38.7 Å². The van der Waals surface area contributed by atoms with E-state index in [1.54, 1.807) is 0 Å². The van der Waals surface area contributed by atoms with Crippen molar-refractivity contribution < 1.29 is 0 Å². The lowest BCUT2D eigenvalue weighted by molar-refractivity contribution is 0.404. The lowest BCUT2D eigenvalue weighted by Crippen LogP contribution is -2.39. The van der Waals surface area contributed by atoms with Crippen LogP contribution < -0.4 is 4.90 Å². The Hall–Kier alpha value is -6.00. The number of benzene rings is 6. The van der Waals surface area contributed by atoms with E-state index < -0.39 is 0 Å². The van der Waals surface area contributed by atoms with Gasteiger partial charge in [0.05, 0.1) is 28.3 Å². The van der Waals surface area contributed by atoms with Gasteiger partial charge in [0, 0.05) is 39.4 Å². The summed E-state index contributed by atoms with van der Waals surface area (Å²) in [7, 11) is 0. The van der Waals surface area contributed by atoms with E-state index in [0.717, 1.165) is 40.6 Å². The van der Waals surface area contributed by atoms with Gasteiger partial charge >= 0.3 is 0 Å². The number of hydrogen-bond donors (Lipinski definition) is 0. The molecule has 0 radical (unpaired) electrons. The first kappa shape index (κ1) is 33.2. The van der Waals surface area contributed by atoms with Crippen molar-refractivity contribution in [3.63, 3.8) is 0 Å². The van der Waals surface area contributed by atoms with Gasteiger partial charge in [-0.25, -0.2) is 9.97 Å². The summed E-state index contributed by atoms with van der Waals surface area (Å²) in [6.07, 6.45) is 5.66. The summed E-state index contributed by atoms with van der Waals surface area (Å²) < 4.78 is 2.32. The Bertz CT molecular complexity index is 2520. The Balaban J connectivity index is 0.00000190. The second-order valence-corrected chi connectivity index (χ2v) is 13.9. The Labute approximate surface area is 306 Å². The second kappa shape index (κ2) is 14.0. The molecule has 4 heteroatoms. The van der Waals surface area contributed by atoms with Crippen LogP contribution >= 0.6 is 0 Å². The largest absolute Gasteiger partial charge is 0.364 e. The number of aromatic nitrogens is 3. The molecule has 52 heavy (non-hydrogen) atoms. The van der Waals surface area contributed by atoms with E-state index >= 15 is 0 Å². The highest BCUT2D eigenvalue weighted by atomic mass is 15.2. The summed E-state index contributed by atoms with van der Waals surface area (Å²) in [6.45, 7) is 9.60. The number of para-hydroxylation sites is 3. The molecule has 0 bridgehead atoms. The SMILES string of the molecule is CC.CC(c1ccccc1)N(CC1(C)C=Cc2ccc3c4ccccc4n(-c4nc(-c5ccccc5)c5ccccc5n4)c3c2C1)c1ccccc1. The van der Waals surface area contributed by atoms with Crippen molar-refractivity contribution in [3.8, 4) is 17.2 Å². The maximum Gasteiger partial charge on any atom is 0.235 e. The van der Waals surface area contributed by atoms with Gasteiger partial charge in [-0.15, -0.1) is 0 Å². The van der Waals surface area contributed by atoms with Crippen molar-refractivity contribution in [3.05, 3.63) is 174 Å². The summed E-state index contributed by atoms with van der Waals surface area (Å²) >= 11 is 0. The molecule has 0 aliphatic heterocycles. The molecule has 256 valence electrons. The molecule has 0 spiro atoms. The number of anilines is 1. The van der Waals surface area contributed by atoms with Crippen molar-refractivity contribution in [2.24, 2.45) is 5.41 Å². The van der Waals surface area contributed by atoms with E-state index in [9.17, 15) is 0 Å². The maximum absolute atomic E-state index is 5.37. The lowest BCUT2D eigenvalue weighted by atomic mass is 9.76. The molecule has 2 atom stereocenters. The van der Waals surface area contributed by atoms with Gasteiger partial charge in [-0.05, 0) is 54.3 Å². The summed E-state index contributed by atoms with van der Waals surface area (Å²) in [5.74, 6) is 0.696. The van der Waals surface area contributed by atoms with Crippen molar-refractivity contribution >= 4 is 44.5 Å². The normalized spacial score (nSPS) is 15.6. The third-order valence-corrected chi connectivity index (χ3v) is 10.4. The van der Waals surface area contributed by atoms with Crippen molar-refractivity contribution in [2.75, 3.05) is 11.4 Å². The first-order valence-corrected chi connectivity index (χ1v) is 18.5. The first-order valence-electron chi connectivity index (χ1n) is 18.5. The van der Waals surface area contributed by atoms with Crippen molar-refractivity contribution in [1.29, 1.82) is 0 Å². The van der Waals surface area contributed by atoms with Gasteiger partial charge in [0.15, 0.2) is 0 Å². The zero-order chi connectivity index (χ0) is 35.7. The Morgan fingerprint density at radius 3 is 2.06 bits per heavy atom. The van der Waals surface area contributed by atoms with Gasteiger partial charge in [-0.1, -0.05) is 160 Å². The topological polar surface area (TPSA) is 34.0 Å². The number of hydrogen-bond acceptors (Lipinski definition) is 3. The predicted molar refractivity (Wildman–Crippen MR) is 220 cm³/mol. The quantitative estimate of drug-likeness (QED) is 0.168. The molecule has 2 heterocycles. The number of nitrogens with zero attached hydrogens (tertiary/aromatic N) is 4. The fourth-order valence-corrected chi connectivity index (χ4v) is 7.91. The average molecular weight is 677 g/mol. The second-order valence-electron chi connectivity index (χ2n) is 13.9. The third-order valence-electron chi connectivity index (χ3n) is 10.4. The van der Waals surface area contributed by atoms with E-state index in [2.05, 4.69) is 187 Å². The van der Waals surface area contributed by atoms with Crippen LogP contribution in [0, 0.1) is 5.41 Å². The average Bonchev–Trinajstić information content (AvgIpc) is 3.56. The van der Waals surface area contributed by atoms with Gasteiger partial charge in [0.1, 0.15) is 0 Å². The van der Waals surface area contributed by atoms with Crippen LogP contribution in [0.5, 0.6) is 0 Å². The maximum atomic E-state index is 5.37. The van der Waals surface area contributed by atoms with Crippen LogP contribution in [0.2, 0.25) is 0 Å². The van der Waals surface area contributed by atoms with E-state index in [-0.39, 0.29) is 11.5 Å². The van der Waals surface area contributed by atoms with E-state index in [4.69, 9.17) is 9.97 Å². The molecular weight excluding hydrogens is 633 g/mol. The predicted octanol–water partition coefficient (Wildman–Crippen LogP) is 12.3. The molecule has 9 rings (SSSR count). The van der Waals surface area contributed by atoms with Gasteiger partial charge in [-0.2, -0.15) is 0 Å². The first-order chi connectivity index (χ1) is 25.6. The van der Waals surface area contributed by atoms with Crippen LogP contribution in [0.3, 0.4) is 0 Å². The van der Waals surface area contributed by atoms with Gasteiger partial charge < -0.3 is 4.90 Å². The molecule has 8 aromatic rings. The number of rotatable bonds is 7. The molecule has 0 fully saturated rings. The van der Waals surface area contributed by atoms with Gasteiger partial charge in [0.2, 0.25) is 5.95 Å². The molecule has 2 aromatic heterocycles. The minimum Gasteiger partial charge on any atom is -0.364 e. The molecule has 4 nitrogen and oxygen atoms in total. The van der Waals surface area contributed by atoms with Crippen LogP contribution in [0.1, 0.15) is 50.4 Å². The standard InChI is InChI=1S/C46H38N4.C2H6/c1-32(33-16-6-3-7-17-33)49(36-20-10-5-11-21-36)31-46(2)29-28-34-26-27-38-37-22-13-15-25-42(37)50(44(38)40(34)30-46)45-47-41-24-14-12-23-39(41)43(48-45)35-18-8-4-9-19-35;1-2/h3-29,32H,30-31H2,1-2H3;1-2H3. The zero-order valence-corrected chi connectivity index (χ0v) is 30.4. The van der Waals surface area contributed by atoms with Gasteiger partial charge in [-0.3, -0.25) is 4.57 Å². The fraction of sp³-hybridized carbons (Fsp3) is 0.167. The zero-order valence-electron chi connectivity index (χ0n) is 30.4. The van der Waals surface area contributed by atoms with Crippen LogP contribution in [0.15, 0.2) is 158 Å². The molecule has 1 aliphatic rings. The van der Waals surface area contributed by atoms with Crippen LogP contribution in [-0.4, -0.2) is 21.1 Å².